The molecule has 0 saturated carbocycles. The fraction of sp³-hybridized carbons (Fsp3) is 0.314. The smallest absolute Gasteiger partial charge is 1.00 e. The van der Waals surface area contributed by atoms with Crippen molar-refractivity contribution in [1.82, 2.24) is 9.88 Å². The monoisotopic (exact) mass is 626 g/mol. The second-order valence-corrected chi connectivity index (χ2v) is 11.2. The van der Waals surface area contributed by atoms with Crippen LogP contribution in [0.5, 0.6) is 0 Å². The summed E-state index contributed by atoms with van der Waals surface area (Å²) in [6.45, 7) is 4.11. The molecule has 1 amide bonds. The Morgan fingerprint density at radius 2 is 1.47 bits per heavy atom. The number of carbonyl (C=O) groups is 2. The number of aliphatic carboxylic acids is 1. The Labute approximate surface area is 286 Å². The normalized spacial score (nSPS) is 12.4. The number of benzene rings is 3. The second-order valence-electron chi connectivity index (χ2n) is 11.2. The van der Waals surface area contributed by atoms with Crippen molar-refractivity contribution in [3.8, 4) is 22.3 Å². The Balaban J connectivity index is 0.00000368. The zero-order valence-corrected chi connectivity index (χ0v) is 27.9. The maximum Gasteiger partial charge on any atom is 1.00 e. The van der Waals surface area contributed by atoms with E-state index in [0.29, 0.717) is 23.2 Å². The van der Waals surface area contributed by atoms with Crippen LogP contribution in [0.25, 0.3) is 22.3 Å². The van der Waals surface area contributed by atoms with E-state index in [4.69, 9.17) is 5.11 Å². The van der Waals surface area contributed by atoms with Gasteiger partial charge in [0.1, 0.15) is 11.5 Å². The Morgan fingerprint density at radius 3 is 2.04 bits per heavy atom. The minimum atomic E-state index is -1.19. The predicted octanol–water partition coefficient (Wildman–Crippen LogP) is 2.60. The maximum absolute atomic E-state index is 14.1. The molecule has 0 fully saturated rings. The van der Waals surface area contributed by atoms with Gasteiger partial charge in [-0.15, -0.1) is 0 Å². The molecule has 0 aliphatic rings. The first kappa shape index (κ1) is 36.2. The summed E-state index contributed by atoms with van der Waals surface area (Å²) in [7, 11) is 0. The summed E-state index contributed by atoms with van der Waals surface area (Å²) in [5.74, 6) is -1.85. The topological polar surface area (TPSA) is 132 Å². The van der Waals surface area contributed by atoms with Crippen LogP contribution in [0.3, 0.4) is 0 Å². The fourth-order valence-electron chi connectivity index (χ4n) is 5.54. The molecular weight excluding hydrogens is 586 g/mol. The molecule has 3 aromatic carbocycles. The molecule has 2 atom stereocenters. The number of amides is 1. The number of rotatable bonds is 14. The minimum absolute atomic E-state index is 0. The molecular formula is C35H40FN2NaO6. The molecule has 0 radical (unpaired) electrons. The number of aromatic nitrogens is 1. The third-order valence-electron chi connectivity index (χ3n) is 7.56. The summed E-state index contributed by atoms with van der Waals surface area (Å²) >= 11 is 0. The van der Waals surface area contributed by atoms with Gasteiger partial charge in [-0.3, -0.25) is 9.59 Å². The Bertz CT molecular complexity index is 1560. The molecule has 10 heteroatoms. The van der Waals surface area contributed by atoms with Crippen LogP contribution in [0.4, 0.5) is 4.39 Å². The van der Waals surface area contributed by atoms with Gasteiger partial charge in [-0.05, 0) is 67.5 Å². The number of hydrogen-bond donors (Lipinski definition) is 5. The molecule has 1 aromatic heterocycles. The van der Waals surface area contributed by atoms with Crippen LogP contribution in [0.1, 0.15) is 67.9 Å². The van der Waals surface area contributed by atoms with Crippen LogP contribution >= 0.6 is 0 Å². The number of halogens is 1. The van der Waals surface area contributed by atoms with Gasteiger partial charge in [0.05, 0.1) is 25.2 Å². The molecule has 0 spiro atoms. The predicted molar refractivity (Wildman–Crippen MR) is 167 cm³/mol. The van der Waals surface area contributed by atoms with E-state index in [0.717, 1.165) is 27.9 Å². The quantitative estimate of drug-likeness (QED) is 0.137. The van der Waals surface area contributed by atoms with E-state index in [2.05, 4.69) is 5.32 Å². The number of carboxylic acids is 1. The number of hydrogen-bond acceptors (Lipinski definition) is 5. The summed E-state index contributed by atoms with van der Waals surface area (Å²) in [5.41, 5.74) is 5.72. The second kappa shape index (κ2) is 16.8. The van der Waals surface area contributed by atoms with Crippen molar-refractivity contribution < 1.29 is 65.4 Å². The van der Waals surface area contributed by atoms with Gasteiger partial charge in [0.25, 0.3) is 5.91 Å². The number of nitrogens with one attached hydrogen (secondary N) is 1. The largest absolute Gasteiger partial charge is 1.00 e. The first-order chi connectivity index (χ1) is 21.1. The van der Waals surface area contributed by atoms with Gasteiger partial charge in [0.15, 0.2) is 0 Å². The zero-order valence-electron chi connectivity index (χ0n) is 26.9. The maximum atomic E-state index is 14.1. The molecule has 8 nitrogen and oxygen atoms in total. The number of nitrogens with zero attached hydrogens (tertiary/aromatic N) is 1. The number of carboxylic acid groups (broad SMARTS) is 1. The Kier molecular flexibility index (Phi) is 13.5. The van der Waals surface area contributed by atoms with Crippen LogP contribution in [0.15, 0.2) is 78.9 Å². The molecule has 4 aromatic rings. The number of aliphatic hydroxyl groups excluding tert-OH is 3. The molecule has 4 rings (SSSR count). The van der Waals surface area contributed by atoms with Crippen molar-refractivity contribution >= 4 is 11.9 Å². The summed E-state index contributed by atoms with van der Waals surface area (Å²) in [6, 6.07) is 22.7. The van der Waals surface area contributed by atoms with Gasteiger partial charge in [0, 0.05) is 29.4 Å². The summed E-state index contributed by atoms with van der Waals surface area (Å²) in [6.07, 6.45) is -2.24. The van der Waals surface area contributed by atoms with E-state index in [-0.39, 0.29) is 68.9 Å². The van der Waals surface area contributed by atoms with Gasteiger partial charge in [-0.2, -0.15) is 0 Å². The van der Waals surface area contributed by atoms with Crippen LogP contribution in [-0.2, 0) is 24.4 Å². The molecule has 5 N–H and O–H groups in total. The zero-order chi connectivity index (χ0) is 31.8. The van der Waals surface area contributed by atoms with Crippen molar-refractivity contribution in [2.24, 2.45) is 0 Å². The average molecular weight is 627 g/mol. The van der Waals surface area contributed by atoms with Crippen LogP contribution in [0, 0.1) is 5.82 Å². The van der Waals surface area contributed by atoms with Gasteiger partial charge in [0.2, 0.25) is 0 Å². The molecule has 1 heterocycles. The van der Waals surface area contributed by atoms with Crippen molar-refractivity contribution in [2.75, 3.05) is 0 Å². The number of aliphatic hydroxyl groups is 3. The number of carbonyl (C=O) groups excluding carboxylic acids is 1. The van der Waals surface area contributed by atoms with Gasteiger partial charge in [-0.25, -0.2) is 4.39 Å². The Morgan fingerprint density at radius 1 is 0.867 bits per heavy atom. The molecule has 0 aliphatic carbocycles. The molecule has 45 heavy (non-hydrogen) atoms. The van der Waals surface area contributed by atoms with E-state index in [1.165, 1.54) is 12.1 Å². The van der Waals surface area contributed by atoms with Crippen molar-refractivity contribution in [3.63, 3.8) is 0 Å². The van der Waals surface area contributed by atoms with Gasteiger partial charge >= 0.3 is 35.5 Å². The van der Waals surface area contributed by atoms with Crippen LogP contribution < -0.4 is 34.9 Å². The van der Waals surface area contributed by atoms with Crippen LogP contribution in [0.2, 0.25) is 0 Å². The third-order valence-corrected chi connectivity index (χ3v) is 7.56. The average Bonchev–Trinajstić information content (AvgIpc) is 3.35. The van der Waals surface area contributed by atoms with E-state index in [1.54, 1.807) is 24.3 Å². The fourth-order valence-corrected chi connectivity index (χ4v) is 5.54. The molecule has 0 aliphatic heterocycles. The first-order valence-electron chi connectivity index (χ1n) is 14.7. The third kappa shape index (κ3) is 9.36. The minimum Gasteiger partial charge on any atom is -1.00 e. The van der Waals surface area contributed by atoms with Crippen molar-refractivity contribution in [3.05, 3.63) is 107 Å². The molecule has 0 saturated heterocycles. The van der Waals surface area contributed by atoms with Crippen molar-refractivity contribution in [2.45, 2.75) is 70.9 Å². The van der Waals surface area contributed by atoms with Gasteiger partial charge in [-0.1, -0.05) is 66.7 Å². The standard InChI is InChI=1S/C35H39FN2O6.Na.H/c1-22(2)38-30(17-16-28(40)18-29(41)19-31(42)43)32(26-12-14-27(36)15-13-26)33(25-6-4-3-5-7-25)34(38)35(44)37-20-23-8-10-24(21-39)11-9-23;;/h3-15,22,28-29,39-41H,16-21H2,1-2H3,(H,37,44)(H,42,43);;/q;+1;-1. The van der Waals surface area contributed by atoms with E-state index in [1.807, 2.05) is 60.9 Å². The summed E-state index contributed by atoms with van der Waals surface area (Å²) in [5, 5.41) is 42.3. The van der Waals surface area contributed by atoms with Crippen LogP contribution in [-0.4, -0.2) is 49.1 Å². The molecule has 2 unspecified atom stereocenters. The van der Waals surface area contributed by atoms with Gasteiger partial charge < -0.3 is 31.7 Å². The molecule has 234 valence electrons. The Hall–Kier alpha value is -3.31. The van der Waals surface area contributed by atoms with E-state index >= 15 is 0 Å². The summed E-state index contributed by atoms with van der Waals surface area (Å²) < 4.78 is 16.0. The SMILES string of the molecule is CC(C)n1c(CCC(O)CC(O)CC(=O)O)c(-c2ccc(F)cc2)c(-c2ccccc2)c1C(=O)NCc1ccc(CO)cc1.[H-].[Na+]. The van der Waals surface area contributed by atoms with Crippen molar-refractivity contribution in [1.29, 1.82) is 0 Å². The molecule has 0 bridgehead atoms. The van der Waals surface area contributed by atoms with E-state index in [9.17, 15) is 29.3 Å². The van der Waals surface area contributed by atoms with E-state index < -0.39 is 30.4 Å². The first-order valence-corrected chi connectivity index (χ1v) is 14.7. The summed E-state index contributed by atoms with van der Waals surface area (Å²) in [4.78, 5) is 25.1.